The number of anilines is 1. The minimum atomic E-state index is -0.942. The Hall–Kier alpha value is -1.55. The largest absolute Gasteiger partial charge is 0.398 e. The molecule has 0 aliphatic carbocycles. The quantitative estimate of drug-likeness (QED) is 0.648. The number of carbonyl (C=O) groups is 2. The van der Waals surface area contributed by atoms with Gasteiger partial charge < -0.3 is 11.1 Å². The van der Waals surface area contributed by atoms with Crippen molar-refractivity contribution in [2.75, 3.05) is 11.6 Å². The minimum Gasteiger partial charge on any atom is -0.398 e. The average molecular weight is 297 g/mol. The van der Waals surface area contributed by atoms with Crippen LogP contribution in [0.5, 0.6) is 0 Å². The number of alkyl halides is 1. The summed E-state index contributed by atoms with van der Waals surface area (Å²) in [5.74, 6) is -0.609. The van der Waals surface area contributed by atoms with E-state index in [2.05, 4.69) is 5.32 Å². The van der Waals surface area contributed by atoms with Crippen molar-refractivity contribution in [1.29, 1.82) is 0 Å². The summed E-state index contributed by atoms with van der Waals surface area (Å²) < 4.78 is 0. The molecule has 0 fully saturated rings. The number of amides is 1. The van der Waals surface area contributed by atoms with Crippen LogP contribution in [0.3, 0.4) is 0 Å². The van der Waals surface area contributed by atoms with Crippen LogP contribution < -0.4 is 11.1 Å². The van der Waals surface area contributed by atoms with Gasteiger partial charge in [0.2, 0.25) is 0 Å². The van der Waals surface area contributed by atoms with Gasteiger partial charge in [-0.15, -0.1) is 11.6 Å². The van der Waals surface area contributed by atoms with Crippen molar-refractivity contribution in [1.82, 2.24) is 5.32 Å². The van der Waals surface area contributed by atoms with Gasteiger partial charge in [0, 0.05) is 11.3 Å². The lowest BCUT2D eigenvalue weighted by Crippen LogP contribution is -2.52. The fraction of sp³-hybridized carbons (Fsp3) is 0.467. The van der Waals surface area contributed by atoms with Crippen molar-refractivity contribution in [2.45, 2.75) is 39.7 Å². The van der Waals surface area contributed by atoms with E-state index in [4.69, 9.17) is 17.3 Å². The number of nitrogen functional groups attached to an aromatic ring is 1. The molecule has 5 heteroatoms. The molecular weight excluding hydrogens is 276 g/mol. The maximum atomic E-state index is 12.3. The Bertz CT molecular complexity index is 520. The molecule has 1 aromatic rings. The van der Waals surface area contributed by atoms with Crippen molar-refractivity contribution in [3.63, 3.8) is 0 Å². The Morgan fingerprint density at radius 1 is 1.30 bits per heavy atom. The number of carbonyl (C=O) groups excluding carboxylic acids is 2. The molecule has 20 heavy (non-hydrogen) atoms. The normalized spacial score (nSPS) is 13.7. The molecule has 4 nitrogen and oxygen atoms in total. The summed E-state index contributed by atoms with van der Waals surface area (Å²) in [4.78, 5) is 24.2. The molecule has 0 saturated heterocycles. The average Bonchev–Trinajstić information content (AvgIpc) is 2.42. The van der Waals surface area contributed by atoms with E-state index < -0.39 is 5.54 Å². The second kappa shape index (κ2) is 6.27. The highest BCUT2D eigenvalue weighted by Gasteiger charge is 2.32. The fourth-order valence-corrected chi connectivity index (χ4v) is 2.23. The Balaban J connectivity index is 3.05. The molecule has 1 unspecified atom stereocenters. The topological polar surface area (TPSA) is 72.2 Å². The van der Waals surface area contributed by atoms with Crippen LogP contribution in [0.1, 0.15) is 41.8 Å². The van der Waals surface area contributed by atoms with Gasteiger partial charge in [-0.05, 0) is 50.5 Å². The number of benzene rings is 1. The molecule has 1 amide bonds. The van der Waals surface area contributed by atoms with Crippen molar-refractivity contribution in [2.24, 2.45) is 0 Å². The van der Waals surface area contributed by atoms with Gasteiger partial charge >= 0.3 is 0 Å². The predicted molar refractivity (Wildman–Crippen MR) is 82.2 cm³/mol. The zero-order valence-electron chi connectivity index (χ0n) is 12.3. The molecule has 0 spiro atoms. The van der Waals surface area contributed by atoms with E-state index in [-0.39, 0.29) is 17.6 Å². The van der Waals surface area contributed by atoms with Crippen LogP contribution in [0.15, 0.2) is 12.1 Å². The van der Waals surface area contributed by atoms with Crippen molar-refractivity contribution >= 4 is 29.0 Å². The van der Waals surface area contributed by atoms with Crippen LogP contribution in [0.4, 0.5) is 5.69 Å². The zero-order valence-corrected chi connectivity index (χ0v) is 13.1. The molecule has 0 aromatic heterocycles. The molecule has 0 bridgehead atoms. The number of hydrogen-bond donors (Lipinski definition) is 2. The van der Waals surface area contributed by atoms with Gasteiger partial charge in [-0.25, -0.2) is 0 Å². The van der Waals surface area contributed by atoms with Gasteiger partial charge in [-0.1, -0.05) is 6.92 Å². The Labute approximate surface area is 124 Å². The Kier molecular flexibility index (Phi) is 5.17. The maximum absolute atomic E-state index is 12.3. The summed E-state index contributed by atoms with van der Waals surface area (Å²) in [6, 6.07) is 3.44. The zero-order chi connectivity index (χ0) is 15.5. The fourth-order valence-electron chi connectivity index (χ4n) is 1.93. The van der Waals surface area contributed by atoms with E-state index in [9.17, 15) is 9.59 Å². The first-order valence-electron chi connectivity index (χ1n) is 6.53. The standard InChI is InChI=1S/C15H21ClN2O2/c1-5-15(4,12(19)8-16)18-14(20)11-6-9(2)13(17)10(3)7-11/h6-7H,5,8,17H2,1-4H3,(H,18,20). The minimum absolute atomic E-state index is 0.121. The van der Waals surface area contributed by atoms with Gasteiger partial charge in [0.1, 0.15) is 0 Å². The summed E-state index contributed by atoms with van der Waals surface area (Å²) in [6.45, 7) is 7.22. The summed E-state index contributed by atoms with van der Waals surface area (Å²) >= 11 is 5.60. The van der Waals surface area contributed by atoms with Gasteiger partial charge in [-0.3, -0.25) is 9.59 Å². The highest BCUT2D eigenvalue weighted by Crippen LogP contribution is 2.20. The third-order valence-electron chi connectivity index (χ3n) is 3.69. The number of ketones is 1. The molecule has 110 valence electrons. The number of halogens is 1. The molecule has 0 saturated carbocycles. The van der Waals surface area contributed by atoms with E-state index in [0.717, 1.165) is 11.1 Å². The van der Waals surface area contributed by atoms with Crippen molar-refractivity contribution in [3.8, 4) is 0 Å². The van der Waals surface area contributed by atoms with E-state index in [1.807, 2.05) is 20.8 Å². The lowest BCUT2D eigenvalue weighted by atomic mass is 9.93. The highest BCUT2D eigenvalue weighted by molar-refractivity contribution is 6.29. The number of rotatable bonds is 5. The number of hydrogen-bond acceptors (Lipinski definition) is 3. The summed E-state index contributed by atoms with van der Waals surface area (Å²) in [7, 11) is 0. The van der Waals surface area contributed by atoms with Crippen LogP contribution in [-0.4, -0.2) is 23.1 Å². The van der Waals surface area contributed by atoms with Crippen LogP contribution in [-0.2, 0) is 4.79 Å². The monoisotopic (exact) mass is 296 g/mol. The molecule has 0 aliphatic rings. The smallest absolute Gasteiger partial charge is 0.252 e. The molecule has 0 radical (unpaired) electrons. The highest BCUT2D eigenvalue weighted by atomic mass is 35.5. The summed E-state index contributed by atoms with van der Waals surface area (Å²) in [5.41, 5.74) is 7.79. The molecule has 3 N–H and O–H groups in total. The summed E-state index contributed by atoms with van der Waals surface area (Å²) in [6.07, 6.45) is 0.483. The number of aryl methyl sites for hydroxylation is 2. The molecule has 1 atom stereocenters. The molecule has 0 aliphatic heterocycles. The maximum Gasteiger partial charge on any atom is 0.252 e. The van der Waals surface area contributed by atoms with E-state index in [1.54, 1.807) is 19.1 Å². The van der Waals surface area contributed by atoms with Crippen LogP contribution in [0.25, 0.3) is 0 Å². The third kappa shape index (κ3) is 3.31. The Morgan fingerprint density at radius 3 is 2.20 bits per heavy atom. The lowest BCUT2D eigenvalue weighted by Gasteiger charge is -2.27. The van der Waals surface area contributed by atoms with Gasteiger partial charge in [0.05, 0.1) is 11.4 Å². The summed E-state index contributed by atoms with van der Waals surface area (Å²) in [5, 5.41) is 2.77. The van der Waals surface area contributed by atoms with E-state index >= 15 is 0 Å². The molecular formula is C15H21ClN2O2. The SMILES string of the molecule is CCC(C)(NC(=O)c1cc(C)c(N)c(C)c1)C(=O)CCl. The predicted octanol–water partition coefficient (Wildman–Crippen LogP) is 2.59. The Morgan fingerprint density at radius 2 is 1.80 bits per heavy atom. The number of Topliss-reactive ketones (excluding diaryl/α,β-unsaturated/α-hetero) is 1. The van der Waals surface area contributed by atoms with Crippen LogP contribution >= 0.6 is 11.6 Å². The van der Waals surface area contributed by atoms with Crippen molar-refractivity contribution < 1.29 is 9.59 Å². The van der Waals surface area contributed by atoms with Gasteiger partial charge in [-0.2, -0.15) is 0 Å². The van der Waals surface area contributed by atoms with Gasteiger partial charge in [0.25, 0.3) is 5.91 Å². The second-order valence-corrected chi connectivity index (χ2v) is 5.49. The molecule has 0 heterocycles. The first kappa shape index (κ1) is 16.5. The first-order valence-corrected chi connectivity index (χ1v) is 7.07. The van der Waals surface area contributed by atoms with Crippen LogP contribution in [0.2, 0.25) is 0 Å². The van der Waals surface area contributed by atoms with Crippen LogP contribution in [0, 0.1) is 13.8 Å². The number of nitrogens with one attached hydrogen (secondary N) is 1. The first-order chi connectivity index (χ1) is 9.25. The third-order valence-corrected chi connectivity index (χ3v) is 3.93. The lowest BCUT2D eigenvalue weighted by molar-refractivity contribution is -0.122. The second-order valence-electron chi connectivity index (χ2n) is 5.22. The molecule has 1 rings (SSSR count). The number of nitrogens with two attached hydrogens (primary N) is 1. The van der Waals surface area contributed by atoms with Crippen molar-refractivity contribution in [3.05, 3.63) is 28.8 Å². The van der Waals surface area contributed by atoms with E-state index in [1.165, 1.54) is 0 Å². The van der Waals surface area contributed by atoms with E-state index in [0.29, 0.717) is 17.7 Å². The molecule has 1 aromatic carbocycles. The van der Waals surface area contributed by atoms with Gasteiger partial charge in [0.15, 0.2) is 5.78 Å².